The quantitative estimate of drug-likeness (QED) is 0.783. The molecule has 0 radical (unpaired) electrons. The molecule has 1 aliphatic carbocycles. The predicted molar refractivity (Wildman–Crippen MR) is 73.8 cm³/mol. The second-order valence-electron chi connectivity index (χ2n) is 5.54. The highest BCUT2D eigenvalue weighted by Gasteiger charge is 2.30. The van der Waals surface area contributed by atoms with Crippen molar-refractivity contribution in [3.63, 3.8) is 0 Å². The Kier molecular flexibility index (Phi) is 4.65. The molecule has 0 N–H and O–H groups in total. The molecule has 100 valence electrons. The normalized spacial score (nSPS) is 23.6. The zero-order chi connectivity index (χ0) is 13.0. The van der Waals surface area contributed by atoms with Crippen LogP contribution in [0.15, 0.2) is 24.3 Å². The zero-order valence-corrected chi connectivity index (χ0v) is 11.7. The highest BCUT2D eigenvalue weighted by Crippen LogP contribution is 2.34. The lowest BCUT2D eigenvalue weighted by Gasteiger charge is -2.23. The van der Waals surface area contributed by atoms with E-state index in [0.29, 0.717) is 12.7 Å². The first-order valence-corrected chi connectivity index (χ1v) is 6.95. The van der Waals surface area contributed by atoms with Crippen LogP contribution in [-0.2, 0) is 11.3 Å². The third kappa shape index (κ3) is 3.26. The lowest BCUT2D eigenvalue weighted by Crippen LogP contribution is -2.22. The summed E-state index contributed by atoms with van der Waals surface area (Å²) in [6.07, 6.45) is 4.29. The van der Waals surface area contributed by atoms with Crippen LogP contribution >= 0.6 is 0 Å². The van der Waals surface area contributed by atoms with Crippen LogP contribution in [0.3, 0.4) is 0 Å². The minimum absolute atomic E-state index is 0.441. The number of rotatable bonds is 5. The van der Waals surface area contributed by atoms with E-state index in [2.05, 4.69) is 26.0 Å². The van der Waals surface area contributed by atoms with Crippen LogP contribution in [0.5, 0.6) is 5.75 Å². The zero-order valence-electron chi connectivity index (χ0n) is 11.7. The first kappa shape index (κ1) is 13.4. The van der Waals surface area contributed by atoms with Crippen molar-refractivity contribution in [1.82, 2.24) is 0 Å². The van der Waals surface area contributed by atoms with Crippen LogP contribution in [0.2, 0.25) is 0 Å². The van der Waals surface area contributed by atoms with E-state index in [0.717, 1.165) is 17.6 Å². The molecule has 1 fully saturated rings. The third-order valence-electron chi connectivity index (χ3n) is 3.96. The maximum Gasteiger partial charge on any atom is 0.119 e. The summed E-state index contributed by atoms with van der Waals surface area (Å²) in [5, 5.41) is 0. The molecule has 0 spiro atoms. The summed E-state index contributed by atoms with van der Waals surface area (Å²) in [6, 6.07) is 8.14. The van der Waals surface area contributed by atoms with Gasteiger partial charge in [-0.3, -0.25) is 0 Å². The maximum atomic E-state index is 6.11. The standard InChI is InChI=1S/C16H24O2/c1-12(2)15-8-5-9-16(15)18-11-13-6-4-7-14(10-13)17-3/h4,6-7,10,12,15-16H,5,8-9,11H2,1-3H3/t15?,16-/m1/s1. The van der Waals surface area contributed by atoms with Crippen LogP contribution in [0.1, 0.15) is 38.7 Å². The van der Waals surface area contributed by atoms with Gasteiger partial charge in [-0.05, 0) is 42.4 Å². The van der Waals surface area contributed by atoms with Crippen molar-refractivity contribution in [2.45, 2.75) is 45.8 Å². The van der Waals surface area contributed by atoms with E-state index >= 15 is 0 Å². The van der Waals surface area contributed by atoms with Crippen molar-refractivity contribution in [2.24, 2.45) is 11.8 Å². The van der Waals surface area contributed by atoms with Gasteiger partial charge in [0.25, 0.3) is 0 Å². The highest BCUT2D eigenvalue weighted by atomic mass is 16.5. The Balaban J connectivity index is 1.90. The Morgan fingerprint density at radius 2 is 2.11 bits per heavy atom. The van der Waals surface area contributed by atoms with Gasteiger partial charge < -0.3 is 9.47 Å². The molecule has 2 heteroatoms. The molecule has 0 bridgehead atoms. The molecule has 0 amide bonds. The fourth-order valence-corrected chi connectivity index (χ4v) is 2.89. The molecule has 0 aliphatic heterocycles. The molecule has 0 heterocycles. The molecule has 1 saturated carbocycles. The predicted octanol–water partition coefficient (Wildman–Crippen LogP) is 4.04. The largest absolute Gasteiger partial charge is 0.497 e. The third-order valence-corrected chi connectivity index (χ3v) is 3.96. The molecule has 0 saturated heterocycles. The lowest BCUT2D eigenvalue weighted by atomic mass is 9.92. The van der Waals surface area contributed by atoms with Crippen molar-refractivity contribution in [2.75, 3.05) is 7.11 Å². The monoisotopic (exact) mass is 248 g/mol. The second kappa shape index (κ2) is 6.24. The van der Waals surface area contributed by atoms with Crippen molar-refractivity contribution in [3.8, 4) is 5.75 Å². The minimum Gasteiger partial charge on any atom is -0.497 e. The summed E-state index contributed by atoms with van der Waals surface area (Å²) >= 11 is 0. The van der Waals surface area contributed by atoms with Crippen LogP contribution in [0, 0.1) is 11.8 Å². The summed E-state index contributed by atoms with van der Waals surface area (Å²) in [7, 11) is 1.70. The van der Waals surface area contributed by atoms with E-state index in [1.54, 1.807) is 7.11 Å². The van der Waals surface area contributed by atoms with Gasteiger partial charge in [-0.2, -0.15) is 0 Å². The Hall–Kier alpha value is -1.02. The molecule has 18 heavy (non-hydrogen) atoms. The van der Waals surface area contributed by atoms with Gasteiger partial charge >= 0.3 is 0 Å². The molecule has 1 aliphatic rings. The minimum atomic E-state index is 0.441. The first-order chi connectivity index (χ1) is 8.70. The van der Waals surface area contributed by atoms with Crippen molar-refractivity contribution >= 4 is 0 Å². The van der Waals surface area contributed by atoms with Crippen LogP contribution in [0.25, 0.3) is 0 Å². The molecular weight excluding hydrogens is 224 g/mol. The van der Waals surface area contributed by atoms with Crippen molar-refractivity contribution in [3.05, 3.63) is 29.8 Å². The number of methoxy groups -OCH3 is 1. The van der Waals surface area contributed by atoms with Gasteiger partial charge in [-0.15, -0.1) is 0 Å². The summed E-state index contributed by atoms with van der Waals surface area (Å²) in [4.78, 5) is 0. The smallest absolute Gasteiger partial charge is 0.119 e. The SMILES string of the molecule is COc1cccc(CO[C@@H]2CCCC2C(C)C)c1. The fraction of sp³-hybridized carbons (Fsp3) is 0.625. The van der Waals surface area contributed by atoms with Crippen LogP contribution in [0.4, 0.5) is 0 Å². The topological polar surface area (TPSA) is 18.5 Å². The second-order valence-corrected chi connectivity index (χ2v) is 5.54. The molecular formula is C16H24O2. The molecule has 1 unspecified atom stereocenters. The number of hydrogen-bond acceptors (Lipinski definition) is 2. The average Bonchev–Trinajstić information content (AvgIpc) is 2.85. The summed E-state index contributed by atoms with van der Waals surface area (Å²) in [6.45, 7) is 5.31. The van der Waals surface area contributed by atoms with E-state index in [4.69, 9.17) is 9.47 Å². The van der Waals surface area contributed by atoms with E-state index in [1.807, 2.05) is 12.1 Å². The van der Waals surface area contributed by atoms with Gasteiger partial charge in [0.2, 0.25) is 0 Å². The van der Waals surface area contributed by atoms with Gasteiger partial charge in [0, 0.05) is 0 Å². The lowest BCUT2D eigenvalue weighted by molar-refractivity contribution is 0.00349. The number of ether oxygens (including phenoxy) is 2. The van der Waals surface area contributed by atoms with Gasteiger partial charge in [0.05, 0.1) is 19.8 Å². The fourth-order valence-electron chi connectivity index (χ4n) is 2.89. The van der Waals surface area contributed by atoms with Crippen LogP contribution < -0.4 is 4.74 Å². The van der Waals surface area contributed by atoms with Crippen molar-refractivity contribution in [1.29, 1.82) is 0 Å². The molecule has 2 rings (SSSR count). The average molecular weight is 248 g/mol. The molecule has 1 aromatic carbocycles. The Morgan fingerprint density at radius 1 is 1.28 bits per heavy atom. The first-order valence-electron chi connectivity index (χ1n) is 6.95. The number of benzene rings is 1. The highest BCUT2D eigenvalue weighted by molar-refractivity contribution is 5.27. The van der Waals surface area contributed by atoms with Crippen LogP contribution in [-0.4, -0.2) is 13.2 Å². The number of hydrogen-bond donors (Lipinski definition) is 0. The van der Waals surface area contributed by atoms with Gasteiger partial charge in [-0.25, -0.2) is 0 Å². The molecule has 2 atom stereocenters. The molecule has 2 nitrogen and oxygen atoms in total. The summed E-state index contributed by atoms with van der Waals surface area (Å²) in [5.74, 6) is 2.36. The summed E-state index contributed by atoms with van der Waals surface area (Å²) in [5.41, 5.74) is 1.20. The maximum absolute atomic E-state index is 6.11. The van der Waals surface area contributed by atoms with Gasteiger partial charge in [0.15, 0.2) is 0 Å². The Labute approximate surface area is 110 Å². The van der Waals surface area contributed by atoms with Gasteiger partial charge in [-0.1, -0.05) is 32.4 Å². The Morgan fingerprint density at radius 3 is 2.83 bits per heavy atom. The van der Waals surface area contributed by atoms with Gasteiger partial charge in [0.1, 0.15) is 5.75 Å². The van der Waals surface area contributed by atoms with E-state index in [-0.39, 0.29) is 0 Å². The van der Waals surface area contributed by atoms with E-state index in [9.17, 15) is 0 Å². The van der Waals surface area contributed by atoms with Crippen molar-refractivity contribution < 1.29 is 9.47 Å². The Bertz CT molecular complexity index is 373. The molecule has 1 aromatic rings. The van der Waals surface area contributed by atoms with E-state index in [1.165, 1.54) is 24.8 Å². The molecule has 0 aromatic heterocycles. The summed E-state index contributed by atoms with van der Waals surface area (Å²) < 4.78 is 11.3. The van der Waals surface area contributed by atoms with E-state index < -0.39 is 0 Å².